The van der Waals surface area contributed by atoms with Gasteiger partial charge in [0.25, 0.3) is 0 Å². The van der Waals surface area contributed by atoms with Gasteiger partial charge >= 0.3 is 0 Å². The molecule has 0 radical (unpaired) electrons. The number of fused-ring (bicyclic) bond motifs is 6. The molecule has 0 aliphatic rings. The summed E-state index contributed by atoms with van der Waals surface area (Å²) in [6, 6.07) is 49.0. The number of aromatic nitrogens is 2. The van der Waals surface area contributed by atoms with Crippen molar-refractivity contribution >= 4 is 43.6 Å². The van der Waals surface area contributed by atoms with Crippen LogP contribution in [0, 0.1) is 34.0 Å². The van der Waals surface area contributed by atoms with Gasteiger partial charge in [-0.15, -0.1) is 0 Å². The van der Waals surface area contributed by atoms with E-state index in [-0.39, 0.29) is 0 Å². The van der Waals surface area contributed by atoms with Crippen LogP contribution >= 0.6 is 0 Å². The van der Waals surface area contributed by atoms with Crippen molar-refractivity contribution in [1.82, 2.24) is 9.13 Å². The van der Waals surface area contributed by atoms with Gasteiger partial charge in [0.2, 0.25) is 0 Å². The van der Waals surface area contributed by atoms with Gasteiger partial charge in [-0.2, -0.15) is 15.8 Å². The third-order valence-corrected chi connectivity index (χ3v) is 8.46. The van der Waals surface area contributed by atoms with Crippen LogP contribution in [0.1, 0.15) is 16.7 Å². The molecule has 2 aromatic heterocycles. The third kappa shape index (κ3) is 3.50. The molecule has 0 saturated carbocycles. The van der Waals surface area contributed by atoms with E-state index in [2.05, 4.69) is 63.7 Å². The first-order valence-electron chi connectivity index (χ1n) is 14.2. The molecule has 5 heteroatoms. The van der Waals surface area contributed by atoms with E-state index in [4.69, 9.17) is 0 Å². The van der Waals surface area contributed by atoms with E-state index < -0.39 is 0 Å². The Labute approximate surface area is 252 Å². The van der Waals surface area contributed by atoms with Crippen LogP contribution in [0.15, 0.2) is 127 Å². The lowest BCUT2D eigenvalue weighted by Gasteiger charge is -2.18. The van der Waals surface area contributed by atoms with Crippen molar-refractivity contribution in [2.45, 2.75) is 0 Å². The second kappa shape index (κ2) is 9.74. The zero-order valence-electron chi connectivity index (χ0n) is 23.4. The largest absolute Gasteiger partial charge is 0.308 e. The van der Waals surface area contributed by atoms with Crippen LogP contribution < -0.4 is 0 Å². The topological polar surface area (TPSA) is 81.2 Å². The smallest absolute Gasteiger partial charge is 0.103 e. The van der Waals surface area contributed by atoms with Gasteiger partial charge in [-0.05, 0) is 48.0 Å². The Morgan fingerprint density at radius 3 is 1.39 bits per heavy atom. The Hall–Kier alpha value is -6.61. The summed E-state index contributed by atoms with van der Waals surface area (Å²) in [5, 5.41) is 35.3. The van der Waals surface area contributed by atoms with Gasteiger partial charge in [-0.25, -0.2) is 0 Å². The summed E-state index contributed by atoms with van der Waals surface area (Å²) in [6.07, 6.45) is 0. The maximum absolute atomic E-state index is 10.5. The number of rotatable bonds is 3. The van der Waals surface area contributed by atoms with Crippen molar-refractivity contribution in [3.63, 3.8) is 0 Å². The fourth-order valence-electron chi connectivity index (χ4n) is 6.60. The first-order valence-corrected chi connectivity index (χ1v) is 14.2. The highest BCUT2D eigenvalue weighted by Crippen LogP contribution is 2.40. The van der Waals surface area contributed by atoms with E-state index in [1.807, 2.05) is 84.9 Å². The Kier molecular flexibility index (Phi) is 5.56. The lowest BCUT2D eigenvalue weighted by molar-refractivity contribution is 1.16. The molecule has 8 aromatic rings. The highest BCUT2D eigenvalue weighted by atomic mass is 15.0. The van der Waals surface area contributed by atoms with E-state index in [1.54, 1.807) is 6.07 Å². The normalized spacial score (nSPS) is 11.1. The average molecular weight is 560 g/mol. The van der Waals surface area contributed by atoms with Gasteiger partial charge in [0.05, 0.1) is 50.1 Å². The Morgan fingerprint density at radius 2 is 0.909 bits per heavy atom. The lowest BCUT2D eigenvalue weighted by Crippen LogP contribution is -2.04. The summed E-state index contributed by atoms with van der Waals surface area (Å²) in [5.74, 6) is 0. The van der Waals surface area contributed by atoms with E-state index in [0.717, 1.165) is 60.4 Å². The van der Waals surface area contributed by atoms with Crippen molar-refractivity contribution < 1.29 is 0 Å². The number of nitriles is 3. The van der Waals surface area contributed by atoms with Gasteiger partial charge in [-0.1, -0.05) is 84.9 Å². The second-order valence-corrected chi connectivity index (χ2v) is 10.7. The highest BCUT2D eigenvalue weighted by molar-refractivity contribution is 6.11. The molecule has 0 bridgehead atoms. The fraction of sp³-hybridized carbons (Fsp3) is 0. The van der Waals surface area contributed by atoms with Crippen LogP contribution in [-0.2, 0) is 0 Å². The van der Waals surface area contributed by atoms with Crippen molar-refractivity contribution in [2.75, 3.05) is 0 Å². The molecular formula is C39H21N5. The molecule has 8 rings (SSSR count). The van der Waals surface area contributed by atoms with Gasteiger partial charge < -0.3 is 9.13 Å². The molecule has 0 aliphatic carbocycles. The summed E-state index contributed by atoms with van der Waals surface area (Å²) < 4.78 is 4.21. The number of nitrogens with zero attached hydrogens (tertiary/aromatic N) is 5. The van der Waals surface area contributed by atoms with Crippen LogP contribution in [-0.4, -0.2) is 9.13 Å². The minimum absolute atomic E-state index is 0.293. The molecule has 0 N–H and O–H groups in total. The maximum Gasteiger partial charge on any atom is 0.103 e. The zero-order chi connectivity index (χ0) is 29.8. The molecule has 202 valence electrons. The summed E-state index contributed by atoms with van der Waals surface area (Å²) in [4.78, 5) is 0. The van der Waals surface area contributed by atoms with Gasteiger partial charge in [0, 0.05) is 27.1 Å². The van der Waals surface area contributed by atoms with Crippen molar-refractivity contribution in [2.24, 2.45) is 0 Å². The van der Waals surface area contributed by atoms with Crippen molar-refractivity contribution in [3.8, 4) is 40.7 Å². The van der Waals surface area contributed by atoms with Gasteiger partial charge in [-0.3, -0.25) is 0 Å². The molecule has 0 atom stereocenters. The molecule has 0 fully saturated rings. The van der Waals surface area contributed by atoms with Crippen LogP contribution in [0.25, 0.3) is 66.1 Å². The van der Waals surface area contributed by atoms with Crippen LogP contribution in [0.4, 0.5) is 0 Å². The predicted molar refractivity (Wildman–Crippen MR) is 175 cm³/mol. The predicted octanol–water partition coefficient (Wildman–Crippen LogP) is 9.16. The van der Waals surface area contributed by atoms with Crippen LogP contribution in [0.2, 0.25) is 0 Å². The van der Waals surface area contributed by atoms with Crippen molar-refractivity contribution in [1.29, 1.82) is 15.8 Å². The zero-order valence-corrected chi connectivity index (χ0v) is 23.4. The SMILES string of the molecule is N#Cc1cc(-c2ccc(C#N)c(C#N)c2-n2c3ccccc3c3ccccc32)ccc1-n1c2ccccc2c2ccccc21. The molecule has 0 amide bonds. The maximum atomic E-state index is 10.5. The number of hydrogen-bond acceptors (Lipinski definition) is 3. The molecule has 0 saturated heterocycles. The molecule has 2 heterocycles. The Morgan fingerprint density at radius 1 is 0.432 bits per heavy atom. The molecule has 6 aromatic carbocycles. The number of para-hydroxylation sites is 4. The Balaban J connectivity index is 1.44. The molecule has 0 unspecified atom stereocenters. The van der Waals surface area contributed by atoms with Gasteiger partial charge in [0.15, 0.2) is 0 Å². The lowest BCUT2D eigenvalue weighted by atomic mass is 9.95. The van der Waals surface area contributed by atoms with E-state index in [1.165, 1.54) is 0 Å². The van der Waals surface area contributed by atoms with Crippen LogP contribution in [0.5, 0.6) is 0 Å². The van der Waals surface area contributed by atoms with E-state index >= 15 is 0 Å². The molecule has 0 aliphatic heterocycles. The highest BCUT2D eigenvalue weighted by Gasteiger charge is 2.22. The molecule has 44 heavy (non-hydrogen) atoms. The van der Waals surface area contributed by atoms with Gasteiger partial charge in [0.1, 0.15) is 18.2 Å². The molecular weight excluding hydrogens is 538 g/mol. The second-order valence-electron chi connectivity index (χ2n) is 10.7. The minimum Gasteiger partial charge on any atom is -0.308 e. The van der Waals surface area contributed by atoms with E-state index in [0.29, 0.717) is 22.4 Å². The number of hydrogen-bond donors (Lipinski definition) is 0. The number of benzene rings is 6. The summed E-state index contributed by atoms with van der Waals surface area (Å²) >= 11 is 0. The Bertz CT molecular complexity index is 2490. The third-order valence-electron chi connectivity index (χ3n) is 8.46. The first kappa shape index (κ1) is 25.1. The van der Waals surface area contributed by atoms with E-state index in [9.17, 15) is 15.8 Å². The van der Waals surface area contributed by atoms with Crippen LogP contribution in [0.3, 0.4) is 0 Å². The summed E-state index contributed by atoms with van der Waals surface area (Å²) in [5.41, 5.74) is 7.96. The average Bonchev–Trinajstić information content (AvgIpc) is 3.60. The monoisotopic (exact) mass is 559 g/mol. The van der Waals surface area contributed by atoms with Crippen molar-refractivity contribution in [3.05, 3.63) is 144 Å². The summed E-state index contributed by atoms with van der Waals surface area (Å²) in [6.45, 7) is 0. The fourth-order valence-corrected chi connectivity index (χ4v) is 6.60. The standard InChI is InChI=1S/C39H21N5/c40-22-26-17-19-28(39(33(26)24-42)44-37-15-7-3-11-31(37)32-12-4-8-16-38(32)44)25-18-20-34(27(21-25)23-41)43-35-13-5-1-9-29(35)30-10-2-6-14-36(30)43/h1-21H. The first-order chi connectivity index (χ1) is 21.7. The minimum atomic E-state index is 0.293. The summed E-state index contributed by atoms with van der Waals surface area (Å²) in [7, 11) is 0. The molecule has 5 nitrogen and oxygen atoms in total. The molecule has 0 spiro atoms. The quantitative estimate of drug-likeness (QED) is 0.216.